The van der Waals surface area contributed by atoms with Gasteiger partial charge in [-0.3, -0.25) is 4.79 Å². The number of hydrogen-bond acceptors (Lipinski definition) is 14. The third-order valence-corrected chi connectivity index (χ3v) is 6.73. The van der Waals surface area contributed by atoms with Crippen LogP contribution in [0.1, 0.15) is 19.8 Å². The quantitative estimate of drug-likeness (QED) is 0.153. The molecular weight excluding hydrogens is 470 g/mol. The van der Waals surface area contributed by atoms with Crippen LogP contribution in [0.4, 0.5) is 0 Å². The van der Waals surface area contributed by atoms with Gasteiger partial charge in [-0.15, -0.1) is 0 Å². The van der Waals surface area contributed by atoms with Crippen LogP contribution in [0.25, 0.3) is 0 Å². The monoisotopic (exact) mass is 509 g/mol. The average Bonchev–Trinajstić information content (AvgIpc) is 2.79. The molecule has 35 heavy (non-hydrogen) atoms. The zero-order chi connectivity index (χ0) is 26.0. The van der Waals surface area contributed by atoms with Gasteiger partial charge in [0.2, 0.25) is 5.91 Å². The second-order valence-corrected chi connectivity index (χ2v) is 9.43. The molecule has 3 fully saturated rings. The summed E-state index contributed by atoms with van der Waals surface area (Å²) in [6.07, 6.45) is -11.5. The Hall–Kier alpha value is -1.05. The van der Waals surface area contributed by atoms with Crippen LogP contribution in [0.5, 0.6) is 0 Å². The fraction of sp³-hybridized carbons (Fsp3) is 0.950. The largest absolute Gasteiger partial charge is 0.394 e. The lowest BCUT2D eigenvalue weighted by Crippen LogP contribution is -2.68. The first-order valence-corrected chi connectivity index (χ1v) is 11.7. The molecule has 0 aromatic rings. The van der Waals surface area contributed by atoms with Gasteiger partial charge in [0, 0.05) is 25.6 Å². The first-order valence-electron chi connectivity index (χ1n) is 11.7. The Balaban J connectivity index is 1.73. The molecule has 1 saturated carbocycles. The maximum absolute atomic E-state index is 11.5. The van der Waals surface area contributed by atoms with Crippen molar-refractivity contribution in [3.05, 3.63) is 0 Å². The first kappa shape index (κ1) is 28.5. The predicted molar refractivity (Wildman–Crippen MR) is 118 cm³/mol. The molecule has 14 atom stereocenters. The minimum atomic E-state index is -1.55. The van der Waals surface area contributed by atoms with Gasteiger partial charge in [0.1, 0.15) is 36.6 Å². The van der Waals surface area contributed by atoms with E-state index in [4.69, 9.17) is 41.9 Å². The van der Waals surface area contributed by atoms with Gasteiger partial charge >= 0.3 is 0 Å². The lowest BCUT2D eigenvalue weighted by Gasteiger charge is -2.48. The van der Waals surface area contributed by atoms with E-state index in [1.165, 1.54) is 6.92 Å². The molecule has 3 aliphatic rings. The fourth-order valence-electron chi connectivity index (χ4n) is 4.80. The molecule has 204 valence electrons. The van der Waals surface area contributed by atoms with Gasteiger partial charge in [-0.2, -0.15) is 0 Å². The summed E-state index contributed by atoms with van der Waals surface area (Å²) in [5.74, 6) is -0.524. The molecule has 2 aliphatic heterocycles. The zero-order valence-corrected chi connectivity index (χ0v) is 19.5. The molecule has 0 aromatic carbocycles. The number of carbonyl (C=O) groups excluding carboxylic acids is 1. The van der Waals surface area contributed by atoms with Crippen LogP contribution in [-0.2, 0) is 23.7 Å². The number of nitrogens with two attached hydrogens (primary N) is 4. The second-order valence-electron chi connectivity index (χ2n) is 9.43. The van der Waals surface area contributed by atoms with Gasteiger partial charge < -0.3 is 72.7 Å². The van der Waals surface area contributed by atoms with E-state index in [2.05, 4.69) is 5.32 Å². The topological polar surface area (TPSA) is 271 Å². The number of nitrogens with one attached hydrogen (secondary N) is 1. The lowest BCUT2D eigenvalue weighted by molar-refractivity contribution is -0.316. The van der Waals surface area contributed by atoms with E-state index < -0.39 is 98.1 Å². The van der Waals surface area contributed by atoms with E-state index >= 15 is 0 Å². The molecule has 14 N–H and O–H groups in total. The van der Waals surface area contributed by atoms with Crippen molar-refractivity contribution in [1.29, 1.82) is 0 Å². The Bertz CT molecular complexity index is 709. The highest BCUT2D eigenvalue weighted by Crippen LogP contribution is 2.31. The van der Waals surface area contributed by atoms with Crippen molar-refractivity contribution >= 4 is 5.91 Å². The Morgan fingerprint density at radius 3 is 2.00 bits per heavy atom. The van der Waals surface area contributed by atoms with Crippen molar-refractivity contribution in [2.24, 2.45) is 22.9 Å². The number of rotatable bonds is 7. The van der Waals surface area contributed by atoms with Crippen molar-refractivity contribution in [3.63, 3.8) is 0 Å². The first-order chi connectivity index (χ1) is 16.5. The van der Waals surface area contributed by atoms with Gasteiger partial charge in [0.05, 0.1) is 30.9 Å². The van der Waals surface area contributed by atoms with E-state index in [1.54, 1.807) is 0 Å². The summed E-state index contributed by atoms with van der Waals surface area (Å²) in [4.78, 5) is 11.5. The normalized spacial score (nSPS) is 49.0. The highest BCUT2D eigenvalue weighted by Gasteiger charge is 2.51. The number of ether oxygens (including phenoxy) is 4. The van der Waals surface area contributed by atoms with Crippen molar-refractivity contribution in [2.75, 3.05) is 13.2 Å². The number of hydrogen-bond donors (Lipinski definition) is 10. The SMILES string of the molecule is CC(=O)N[C@@H]1[C@@H](O)[C@@H](O[C@H]2[C@H](O)[C@@H](O[C@H]3O[C@H](CN)[C@@H](O)C[C@H]3N)[C@H](N)C[C@@H]2N)O[C@H](CO)[C@H]1O. The van der Waals surface area contributed by atoms with Gasteiger partial charge in [0.25, 0.3) is 0 Å². The standard InChI is InChI=1S/C20H39N5O10/c1-6(27)25-13-14(29)12(5-26)33-20(15(13)30)35-18-8(23)2-7(22)17(16(18)31)34-19-9(24)3-10(28)11(4-21)32-19/h7-20,26,28-31H,2-5,21-24H2,1H3,(H,25,27)/t7-,8+,9-,10+,11-,12-,13+,14-,15-,16-,17+,18-,19-,20-/m1/s1. The van der Waals surface area contributed by atoms with Crippen molar-refractivity contribution in [1.82, 2.24) is 5.32 Å². The molecule has 0 radical (unpaired) electrons. The molecule has 1 aliphatic carbocycles. The van der Waals surface area contributed by atoms with E-state index in [0.717, 1.165) is 0 Å². The highest BCUT2D eigenvalue weighted by atomic mass is 16.7. The molecule has 15 heteroatoms. The smallest absolute Gasteiger partial charge is 0.217 e. The van der Waals surface area contributed by atoms with Gasteiger partial charge in [0.15, 0.2) is 12.6 Å². The van der Waals surface area contributed by atoms with Crippen molar-refractivity contribution < 1.29 is 49.3 Å². The molecule has 0 bridgehead atoms. The Morgan fingerprint density at radius 1 is 0.886 bits per heavy atom. The molecule has 3 rings (SSSR count). The zero-order valence-electron chi connectivity index (χ0n) is 19.5. The van der Waals surface area contributed by atoms with E-state index in [0.29, 0.717) is 0 Å². The summed E-state index contributed by atoms with van der Waals surface area (Å²) in [5.41, 5.74) is 24.1. The Labute approximate surface area is 202 Å². The number of aliphatic hydroxyl groups is 5. The molecule has 0 spiro atoms. The number of aliphatic hydroxyl groups excluding tert-OH is 5. The minimum absolute atomic E-state index is 0.0356. The summed E-state index contributed by atoms with van der Waals surface area (Å²) in [7, 11) is 0. The Morgan fingerprint density at radius 2 is 1.46 bits per heavy atom. The van der Waals surface area contributed by atoms with Crippen LogP contribution in [-0.4, -0.2) is 130 Å². The number of carbonyl (C=O) groups is 1. The summed E-state index contributed by atoms with van der Waals surface area (Å²) in [6, 6.07) is -3.44. The third kappa shape index (κ3) is 6.27. The summed E-state index contributed by atoms with van der Waals surface area (Å²) in [6.45, 7) is 0.619. The second kappa shape index (κ2) is 12.0. The molecular formula is C20H39N5O10. The molecule has 1 amide bonds. The van der Waals surface area contributed by atoms with E-state index in [9.17, 15) is 30.3 Å². The number of amides is 1. The Kier molecular flexibility index (Phi) is 9.78. The van der Waals surface area contributed by atoms with Crippen molar-refractivity contribution in [2.45, 2.75) is 105 Å². The lowest BCUT2D eigenvalue weighted by atomic mass is 9.84. The van der Waals surface area contributed by atoms with Crippen LogP contribution in [0.15, 0.2) is 0 Å². The predicted octanol–water partition coefficient (Wildman–Crippen LogP) is -6.12. The van der Waals surface area contributed by atoms with Gasteiger partial charge in [-0.05, 0) is 12.8 Å². The van der Waals surface area contributed by atoms with Gasteiger partial charge in [-0.1, -0.05) is 0 Å². The molecule has 2 heterocycles. The molecule has 15 nitrogen and oxygen atoms in total. The highest BCUT2D eigenvalue weighted by molar-refractivity contribution is 5.73. The summed E-state index contributed by atoms with van der Waals surface area (Å²) < 4.78 is 22.9. The third-order valence-electron chi connectivity index (χ3n) is 6.73. The maximum Gasteiger partial charge on any atom is 0.217 e. The van der Waals surface area contributed by atoms with Crippen LogP contribution >= 0.6 is 0 Å². The molecule has 0 aromatic heterocycles. The summed E-state index contributed by atoms with van der Waals surface area (Å²) >= 11 is 0. The van der Waals surface area contributed by atoms with E-state index in [-0.39, 0.29) is 19.4 Å². The van der Waals surface area contributed by atoms with Crippen LogP contribution in [0, 0.1) is 0 Å². The fourth-order valence-corrected chi connectivity index (χ4v) is 4.80. The van der Waals surface area contributed by atoms with Crippen LogP contribution in [0.2, 0.25) is 0 Å². The molecule has 0 unspecified atom stereocenters. The van der Waals surface area contributed by atoms with E-state index in [1.807, 2.05) is 0 Å². The minimum Gasteiger partial charge on any atom is -0.394 e. The average molecular weight is 510 g/mol. The molecule has 2 saturated heterocycles. The van der Waals surface area contributed by atoms with Gasteiger partial charge in [-0.25, -0.2) is 0 Å². The maximum atomic E-state index is 11.5. The van der Waals surface area contributed by atoms with Crippen molar-refractivity contribution in [3.8, 4) is 0 Å². The van der Waals surface area contributed by atoms with Crippen LogP contribution < -0.4 is 28.3 Å². The summed E-state index contributed by atoms with van der Waals surface area (Å²) in [5, 5.41) is 54.1. The van der Waals surface area contributed by atoms with Crippen LogP contribution in [0.3, 0.4) is 0 Å².